The van der Waals surface area contributed by atoms with Crippen LogP contribution in [0.25, 0.3) is 10.7 Å². The molecule has 0 atom stereocenters. The van der Waals surface area contributed by atoms with Crippen LogP contribution in [0.2, 0.25) is 0 Å². The Morgan fingerprint density at radius 3 is 2.53 bits per heavy atom. The Morgan fingerprint density at radius 1 is 1.21 bits per heavy atom. The monoisotopic (exact) mass is 297 g/mol. The van der Waals surface area contributed by atoms with Gasteiger partial charge in [-0.3, -0.25) is 10.2 Å². The molecule has 0 aliphatic heterocycles. The van der Waals surface area contributed by atoms with Gasteiger partial charge in [-0.1, -0.05) is 13.8 Å². The number of hydrogen-bond acceptors (Lipinski definition) is 5. The van der Waals surface area contributed by atoms with E-state index in [9.17, 15) is 0 Å². The molecular weight excluding hydrogens is 278 g/mol. The third-order valence-electron chi connectivity index (χ3n) is 3.09. The van der Waals surface area contributed by atoms with Crippen LogP contribution in [-0.4, -0.2) is 44.7 Å². The lowest BCUT2D eigenvalue weighted by Crippen LogP contribution is -2.25. The van der Waals surface area contributed by atoms with E-state index in [2.05, 4.69) is 38.9 Å². The summed E-state index contributed by atoms with van der Waals surface area (Å²) in [4.78, 5) is 12.3. The molecule has 0 aliphatic rings. The second-order valence-corrected chi connectivity index (χ2v) is 5.78. The van der Waals surface area contributed by atoms with Gasteiger partial charge in [0.25, 0.3) is 0 Å². The smallest absolute Gasteiger partial charge is 0.213 e. The molecule has 0 saturated heterocycles. The predicted octanol–water partition coefficient (Wildman–Crippen LogP) is 2.78. The lowest BCUT2D eigenvalue weighted by atomic mass is 10.3. The SMILES string of the molecule is CCN(CC)CCc1nc(C)c(-c2nc(=S)[nH][nH]2)s1. The van der Waals surface area contributed by atoms with E-state index >= 15 is 0 Å². The number of likely N-dealkylation sites (N-methyl/N-ethyl adjacent to an activating group) is 1. The summed E-state index contributed by atoms with van der Waals surface area (Å²) in [5, 5.41) is 6.96. The fourth-order valence-corrected chi connectivity index (χ4v) is 3.09. The summed E-state index contributed by atoms with van der Waals surface area (Å²) in [5.74, 6) is 0.786. The van der Waals surface area contributed by atoms with E-state index in [1.807, 2.05) is 6.92 Å². The highest BCUT2D eigenvalue weighted by atomic mass is 32.1. The maximum atomic E-state index is 4.98. The average Bonchev–Trinajstić information content (AvgIpc) is 2.97. The van der Waals surface area contributed by atoms with Gasteiger partial charge in [0.15, 0.2) is 5.82 Å². The number of nitrogens with one attached hydrogen (secondary N) is 2. The Kier molecular flexibility index (Phi) is 4.84. The van der Waals surface area contributed by atoms with Gasteiger partial charge in [0, 0.05) is 13.0 Å². The van der Waals surface area contributed by atoms with Crippen molar-refractivity contribution < 1.29 is 0 Å². The highest BCUT2D eigenvalue weighted by Gasteiger charge is 2.12. The van der Waals surface area contributed by atoms with Gasteiger partial charge in [0.1, 0.15) is 0 Å². The number of thiazole rings is 1. The van der Waals surface area contributed by atoms with E-state index in [4.69, 9.17) is 12.2 Å². The van der Waals surface area contributed by atoms with Gasteiger partial charge < -0.3 is 4.90 Å². The number of nitrogens with zero attached hydrogens (tertiary/aromatic N) is 3. The second kappa shape index (κ2) is 6.40. The zero-order chi connectivity index (χ0) is 13.8. The zero-order valence-electron chi connectivity index (χ0n) is 11.5. The van der Waals surface area contributed by atoms with Crippen LogP contribution in [0.1, 0.15) is 24.5 Å². The Morgan fingerprint density at radius 2 is 1.95 bits per heavy atom. The van der Waals surface area contributed by atoms with Crippen molar-refractivity contribution in [3.05, 3.63) is 15.5 Å². The molecule has 0 fully saturated rings. The van der Waals surface area contributed by atoms with Crippen LogP contribution in [0.5, 0.6) is 0 Å². The normalized spacial score (nSPS) is 11.4. The number of hydrogen-bond donors (Lipinski definition) is 2. The summed E-state index contributed by atoms with van der Waals surface area (Å²) in [6.07, 6.45) is 0.984. The van der Waals surface area contributed by atoms with Crippen LogP contribution in [0.4, 0.5) is 0 Å². The molecule has 0 amide bonds. The Bertz CT molecular complexity index is 579. The molecule has 0 unspecified atom stereocenters. The standard InChI is InChI=1S/C12H19N5S2/c1-4-17(5-2)7-6-9-13-8(3)10(19-9)11-14-12(18)16-15-11/h4-7H2,1-3H3,(H2,14,15,16,18). The van der Waals surface area contributed by atoms with Gasteiger partial charge in [-0.05, 0) is 32.2 Å². The largest absolute Gasteiger partial charge is 0.303 e. The first kappa shape index (κ1) is 14.4. The number of rotatable bonds is 6. The Labute approximate surface area is 122 Å². The topological polar surface area (TPSA) is 60.6 Å². The van der Waals surface area contributed by atoms with E-state index in [1.54, 1.807) is 11.3 Å². The third kappa shape index (κ3) is 3.49. The molecule has 104 valence electrons. The first-order valence-electron chi connectivity index (χ1n) is 6.47. The predicted molar refractivity (Wildman–Crippen MR) is 81.1 cm³/mol. The lowest BCUT2D eigenvalue weighted by molar-refractivity contribution is 0.308. The summed E-state index contributed by atoms with van der Waals surface area (Å²) in [5.41, 5.74) is 1.01. The molecule has 2 aromatic rings. The molecule has 19 heavy (non-hydrogen) atoms. The summed E-state index contributed by atoms with van der Waals surface area (Å²) in [6.45, 7) is 9.60. The van der Waals surface area contributed by atoms with Gasteiger partial charge in [-0.2, -0.15) is 4.98 Å². The van der Waals surface area contributed by atoms with E-state index in [1.165, 1.54) is 0 Å². The number of aromatic amines is 2. The van der Waals surface area contributed by atoms with E-state index in [0.717, 1.165) is 47.5 Å². The molecular formula is C12H19N5S2. The Balaban J connectivity index is 2.11. The van der Waals surface area contributed by atoms with Gasteiger partial charge >= 0.3 is 0 Å². The van der Waals surface area contributed by atoms with Crippen LogP contribution in [0.15, 0.2) is 0 Å². The van der Waals surface area contributed by atoms with Crippen molar-refractivity contribution in [2.75, 3.05) is 19.6 Å². The van der Waals surface area contributed by atoms with Crippen molar-refractivity contribution in [2.24, 2.45) is 0 Å². The maximum absolute atomic E-state index is 4.98. The van der Waals surface area contributed by atoms with E-state index in [-0.39, 0.29) is 0 Å². The molecule has 0 bridgehead atoms. The molecule has 0 aromatic carbocycles. The van der Waals surface area contributed by atoms with Crippen molar-refractivity contribution in [3.63, 3.8) is 0 Å². The van der Waals surface area contributed by atoms with Crippen molar-refractivity contribution in [3.8, 4) is 10.7 Å². The maximum Gasteiger partial charge on any atom is 0.213 e. The molecule has 0 aliphatic carbocycles. The van der Waals surface area contributed by atoms with Crippen molar-refractivity contribution in [1.29, 1.82) is 0 Å². The third-order valence-corrected chi connectivity index (χ3v) is 4.51. The summed E-state index contributed by atoms with van der Waals surface area (Å²) in [6, 6.07) is 0. The van der Waals surface area contributed by atoms with Crippen LogP contribution in [0.3, 0.4) is 0 Å². The van der Waals surface area contributed by atoms with Gasteiger partial charge in [-0.15, -0.1) is 11.3 Å². The highest BCUT2D eigenvalue weighted by molar-refractivity contribution is 7.71. The van der Waals surface area contributed by atoms with E-state index < -0.39 is 0 Å². The van der Waals surface area contributed by atoms with Crippen LogP contribution < -0.4 is 0 Å². The molecule has 0 saturated carbocycles. The fraction of sp³-hybridized carbons (Fsp3) is 0.583. The second-order valence-electron chi connectivity index (χ2n) is 4.31. The molecule has 0 spiro atoms. The Hall–Kier alpha value is -1.05. The first-order valence-corrected chi connectivity index (χ1v) is 7.70. The fourth-order valence-electron chi connectivity index (χ4n) is 1.95. The molecule has 2 aromatic heterocycles. The highest BCUT2D eigenvalue weighted by Crippen LogP contribution is 2.27. The quantitative estimate of drug-likeness (QED) is 0.805. The summed E-state index contributed by atoms with van der Waals surface area (Å²) >= 11 is 6.67. The van der Waals surface area contributed by atoms with Crippen molar-refractivity contribution in [1.82, 2.24) is 25.1 Å². The van der Waals surface area contributed by atoms with Crippen LogP contribution in [-0.2, 0) is 6.42 Å². The molecule has 2 rings (SSSR count). The lowest BCUT2D eigenvalue weighted by Gasteiger charge is -2.16. The molecule has 2 N–H and O–H groups in total. The minimum Gasteiger partial charge on any atom is -0.303 e. The van der Waals surface area contributed by atoms with Crippen molar-refractivity contribution >= 4 is 23.6 Å². The molecule has 7 heteroatoms. The first-order chi connectivity index (χ1) is 9.13. The van der Waals surface area contributed by atoms with Gasteiger partial charge in [0.2, 0.25) is 4.77 Å². The van der Waals surface area contributed by atoms with Gasteiger partial charge in [0.05, 0.1) is 15.6 Å². The molecule has 2 heterocycles. The van der Waals surface area contributed by atoms with Gasteiger partial charge in [-0.25, -0.2) is 4.98 Å². The molecule has 5 nitrogen and oxygen atoms in total. The minimum absolute atomic E-state index is 0.479. The summed E-state index contributed by atoms with van der Waals surface area (Å²) in [7, 11) is 0. The van der Waals surface area contributed by atoms with E-state index in [0.29, 0.717) is 4.77 Å². The van der Waals surface area contributed by atoms with Crippen molar-refractivity contribution in [2.45, 2.75) is 27.2 Å². The molecule has 0 radical (unpaired) electrons. The number of H-pyrrole nitrogens is 2. The zero-order valence-corrected chi connectivity index (χ0v) is 13.1. The van der Waals surface area contributed by atoms with Crippen LogP contribution in [0, 0.1) is 11.7 Å². The average molecular weight is 297 g/mol. The number of aryl methyl sites for hydroxylation is 1. The minimum atomic E-state index is 0.479. The van der Waals surface area contributed by atoms with Crippen LogP contribution >= 0.6 is 23.6 Å². The number of aromatic nitrogens is 4. The summed E-state index contributed by atoms with van der Waals surface area (Å²) < 4.78 is 0.479.